The molecule has 1 aliphatic carbocycles. The molecule has 1 saturated carbocycles. The van der Waals surface area contributed by atoms with Crippen molar-refractivity contribution in [3.63, 3.8) is 0 Å². The van der Waals surface area contributed by atoms with Gasteiger partial charge in [0, 0.05) is 4.47 Å². The highest BCUT2D eigenvalue weighted by atomic mass is 79.9. The summed E-state index contributed by atoms with van der Waals surface area (Å²) in [5, 5.41) is 4.97. The zero-order valence-corrected chi connectivity index (χ0v) is 17.8. The summed E-state index contributed by atoms with van der Waals surface area (Å²) >= 11 is 3.42. The van der Waals surface area contributed by atoms with Crippen LogP contribution in [0.5, 0.6) is 0 Å². The summed E-state index contributed by atoms with van der Waals surface area (Å²) in [6.07, 6.45) is 7.14. The summed E-state index contributed by atoms with van der Waals surface area (Å²) in [7, 11) is 0. The Morgan fingerprint density at radius 1 is 1.00 bits per heavy atom. The molecule has 0 unspecified atom stereocenters. The molecular formula is C23H20BrFN4O. The summed E-state index contributed by atoms with van der Waals surface area (Å²) < 4.78 is 19.0. The minimum atomic E-state index is -0.418. The molecule has 0 aliphatic heterocycles. The highest BCUT2D eigenvalue weighted by Crippen LogP contribution is 2.31. The van der Waals surface area contributed by atoms with Gasteiger partial charge in [0.15, 0.2) is 11.5 Å². The van der Waals surface area contributed by atoms with E-state index < -0.39 is 5.82 Å². The Hall–Kier alpha value is -2.80. The molecule has 0 saturated heterocycles. The minimum Gasteiger partial charge on any atom is -0.268 e. The largest absolute Gasteiger partial charge is 0.269 e. The van der Waals surface area contributed by atoms with Gasteiger partial charge in [0.05, 0.1) is 23.5 Å². The number of nitrogens with zero attached hydrogens (tertiary/aromatic N) is 4. The van der Waals surface area contributed by atoms with E-state index in [1.54, 1.807) is 24.4 Å². The maximum Gasteiger partial charge on any atom is 0.269 e. The van der Waals surface area contributed by atoms with Crippen LogP contribution in [0.25, 0.3) is 28.1 Å². The lowest BCUT2D eigenvalue weighted by Crippen LogP contribution is -2.23. The van der Waals surface area contributed by atoms with Crippen molar-refractivity contribution in [2.24, 2.45) is 0 Å². The number of fused-ring (bicyclic) bond motifs is 1. The van der Waals surface area contributed by atoms with Gasteiger partial charge >= 0.3 is 0 Å². The molecule has 5 rings (SSSR count). The average Bonchev–Trinajstić information content (AvgIpc) is 3.20. The molecule has 1 fully saturated rings. The number of aromatic nitrogens is 4. The molecule has 1 aliphatic rings. The number of benzene rings is 2. The number of halogens is 2. The van der Waals surface area contributed by atoms with Gasteiger partial charge in [0.2, 0.25) is 0 Å². The van der Waals surface area contributed by atoms with E-state index in [0.717, 1.165) is 30.2 Å². The van der Waals surface area contributed by atoms with Gasteiger partial charge in [-0.1, -0.05) is 47.3 Å². The van der Waals surface area contributed by atoms with Crippen LogP contribution in [0.4, 0.5) is 4.39 Å². The summed E-state index contributed by atoms with van der Waals surface area (Å²) in [6, 6.07) is 14.0. The Bertz CT molecular complexity index is 1270. The predicted molar refractivity (Wildman–Crippen MR) is 118 cm³/mol. The first-order valence-corrected chi connectivity index (χ1v) is 10.9. The molecule has 4 aromatic rings. The van der Waals surface area contributed by atoms with Crippen LogP contribution in [0.3, 0.4) is 0 Å². The topological polar surface area (TPSA) is 52.7 Å². The van der Waals surface area contributed by atoms with Crippen LogP contribution in [-0.2, 0) is 0 Å². The lowest BCUT2D eigenvalue weighted by Gasteiger charge is -2.22. The van der Waals surface area contributed by atoms with Gasteiger partial charge in [-0.15, -0.1) is 0 Å². The van der Waals surface area contributed by atoms with Crippen LogP contribution < -0.4 is 5.56 Å². The Balaban J connectivity index is 1.81. The molecule has 0 amide bonds. The molecule has 7 heteroatoms. The second-order valence-corrected chi connectivity index (χ2v) is 8.57. The molecule has 0 atom stereocenters. The lowest BCUT2D eigenvalue weighted by molar-refractivity contribution is 0.336. The number of rotatable bonds is 3. The fourth-order valence-electron chi connectivity index (χ4n) is 4.23. The maximum absolute atomic E-state index is 14.8. The third-order valence-electron chi connectivity index (χ3n) is 5.75. The van der Waals surface area contributed by atoms with E-state index in [1.807, 2.05) is 28.9 Å². The number of hydrogen-bond acceptors (Lipinski definition) is 3. The zero-order chi connectivity index (χ0) is 20.7. The smallest absolute Gasteiger partial charge is 0.268 e. The summed E-state index contributed by atoms with van der Waals surface area (Å²) in [6.45, 7) is 0. The van der Waals surface area contributed by atoms with Gasteiger partial charge in [0.25, 0.3) is 5.56 Å². The van der Waals surface area contributed by atoms with E-state index in [9.17, 15) is 9.18 Å². The van der Waals surface area contributed by atoms with Crippen molar-refractivity contribution < 1.29 is 4.39 Å². The Kier molecular flexibility index (Phi) is 4.98. The highest BCUT2D eigenvalue weighted by molar-refractivity contribution is 9.10. The van der Waals surface area contributed by atoms with E-state index in [4.69, 9.17) is 4.98 Å². The van der Waals surface area contributed by atoms with Gasteiger partial charge < -0.3 is 0 Å². The van der Waals surface area contributed by atoms with Crippen LogP contribution in [0.15, 0.2) is 64.0 Å². The Morgan fingerprint density at radius 3 is 2.47 bits per heavy atom. The van der Waals surface area contributed by atoms with Crippen molar-refractivity contribution in [2.45, 2.75) is 38.1 Å². The molecule has 152 valence electrons. The molecule has 30 heavy (non-hydrogen) atoms. The summed E-state index contributed by atoms with van der Waals surface area (Å²) in [4.78, 5) is 18.4. The van der Waals surface area contributed by atoms with Gasteiger partial charge in [-0.05, 0) is 49.2 Å². The molecule has 0 bridgehead atoms. The fraction of sp³-hybridized carbons (Fsp3) is 0.261. The first kappa shape index (κ1) is 19.2. The van der Waals surface area contributed by atoms with Gasteiger partial charge in [-0.3, -0.25) is 9.36 Å². The first-order chi connectivity index (χ1) is 14.6. The zero-order valence-electron chi connectivity index (χ0n) is 16.3. The quantitative estimate of drug-likeness (QED) is 0.391. The molecule has 2 heterocycles. The van der Waals surface area contributed by atoms with Gasteiger partial charge in [0.1, 0.15) is 11.2 Å². The van der Waals surface area contributed by atoms with E-state index in [0.29, 0.717) is 16.7 Å². The van der Waals surface area contributed by atoms with Crippen LogP contribution in [-0.4, -0.2) is 19.3 Å². The van der Waals surface area contributed by atoms with E-state index in [-0.39, 0.29) is 23.0 Å². The molecular weight excluding hydrogens is 447 g/mol. The van der Waals surface area contributed by atoms with Gasteiger partial charge in [-0.25, -0.2) is 14.1 Å². The fourth-order valence-corrected chi connectivity index (χ4v) is 4.50. The van der Waals surface area contributed by atoms with Crippen molar-refractivity contribution in [2.75, 3.05) is 0 Å². The van der Waals surface area contributed by atoms with E-state index >= 15 is 0 Å². The van der Waals surface area contributed by atoms with Crippen LogP contribution >= 0.6 is 15.9 Å². The van der Waals surface area contributed by atoms with Crippen molar-refractivity contribution in [1.82, 2.24) is 19.3 Å². The van der Waals surface area contributed by atoms with Crippen LogP contribution in [0.1, 0.15) is 38.1 Å². The summed E-state index contributed by atoms with van der Waals surface area (Å²) in [5.41, 5.74) is 1.19. The van der Waals surface area contributed by atoms with Gasteiger partial charge in [-0.2, -0.15) is 5.10 Å². The normalized spacial score (nSPS) is 15.0. The Labute approximate surface area is 181 Å². The maximum atomic E-state index is 14.8. The first-order valence-electron chi connectivity index (χ1n) is 10.1. The van der Waals surface area contributed by atoms with E-state index in [2.05, 4.69) is 21.0 Å². The van der Waals surface area contributed by atoms with Crippen molar-refractivity contribution in [1.29, 1.82) is 0 Å². The standard InChI is InChI=1S/C23H20BrFN4O/c24-15-10-12-16(13-11-15)28-21(18-8-4-5-9-20(18)25)27-22-19(23(28)30)14-26-29(22)17-6-2-1-3-7-17/h4-5,8-14,17H,1-3,6-7H2. The highest BCUT2D eigenvalue weighted by Gasteiger charge is 2.23. The minimum absolute atomic E-state index is 0.222. The summed E-state index contributed by atoms with van der Waals surface area (Å²) in [5.74, 6) is -0.135. The second-order valence-electron chi connectivity index (χ2n) is 7.65. The molecule has 2 aromatic carbocycles. The molecule has 0 radical (unpaired) electrons. The van der Waals surface area contributed by atoms with Crippen molar-refractivity contribution in [3.8, 4) is 17.1 Å². The molecule has 0 N–H and O–H groups in total. The van der Waals surface area contributed by atoms with Crippen LogP contribution in [0.2, 0.25) is 0 Å². The molecule has 5 nitrogen and oxygen atoms in total. The predicted octanol–water partition coefficient (Wildman–Crippen LogP) is 5.66. The van der Waals surface area contributed by atoms with Crippen LogP contribution in [0, 0.1) is 5.82 Å². The molecule has 2 aromatic heterocycles. The third kappa shape index (κ3) is 3.27. The van der Waals surface area contributed by atoms with Crippen molar-refractivity contribution in [3.05, 3.63) is 75.4 Å². The lowest BCUT2D eigenvalue weighted by atomic mass is 9.96. The monoisotopic (exact) mass is 466 g/mol. The number of hydrogen-bond donors (Lipinski definition) is 0. The molecule has 0 spiro atoms. The third-order valence-corrected chi connectivity index (χ3v) is 6.28. The Morgan fingerprint density at radius 2 is 1.73 bits per heavy atom. The SMILES string of the molecule is O=c1c2cnn(C3CCCCC3)c2nc(-c2ccccc2F)n1-c1ccc(Br)cc1. The second kappa shape index (κ2) is 7.80. The average molecular weight is 467 g/mol. The van der Waals surface area contributed by atoms with Crippen molar-refractivity contribution >= 4 is 27.0 Å². The van der Waals surface area contributed by atoms with E-state index in [1.165, 1.54) is 17.1 Å².